The lowest BCUT2D eigenvalue weighted by Gasteiger charge is -2.10. The highest BCUT2D eigenvalue weighted by atomic mass is 79.9. The first-order chi connectivity index (χ1) is 6.67. The van der Waals surface area contributed by atoms with Gasteiger partial charge in [-0.1, -0.05) is 15.9 Å². The Hall–Kier alpha value is -0.610. The Balaban J connectivity index is 2.87. The van der Waals surface area contributed by atoms with E-state index < -0.39 is 6.17 Å². The molecule has 2 N–H and O–H groups in total. The zero-order valence-electron chi connectivity index (χ0n) is 7.97. The van der Waals surface area contributed by atoms with Crippen molar-refractivity contribution in [3.05, 3.63) is 28.2 Å². The highest BCUT2D eigenvalue weighted by Gasteiger charge is 2.10. The van der Waals surface area contributed by atoms with E-state index >= 15 is 0 Å². The van der Waals surface area contributed by atoms with Crippen molar-refractivity contribution in [3.8, 4) is 5.75 Å². The summed E-state index contributed by atoms with van der Waals surface area (Å²) in [6, 6.07) is 5.52. The minimum atomic E-state index is -1.02. The Morgan fingerprint density at radius 2 is 2.29 bits per heavy atom. The van der Waals surface area contributed by atoms with Gasteiger partial charge in [0.05, 0.1) is 7.11 Å². The molecule has 0 heterocycles. The van der Waals surface area contributed by atoms with Gasteiger partial charge in [-0.2, -0.15) is 0 Å². The zero-order valence-corrected chi connectivity index (χ0v) is 9.55. The maximum atomic E-state index is 13.1. The van der Waals surface area contributed by atoms with Crippen molar-refractivity contribution in [1.29, 1.82) is 0 Å². The van der Waals surface area contributed by atoms with E-state index in [1.807, 2.05) is 18.2 Å². The van der Waals surface area contributed by atoms with Crippen LogP contribution >= 0.6 is 15.9 Å². The topological polar surface area (TPSA) is 35.2 Å². The molecule has 0 saturated heterocycles. The lowest BCUT2D eigenvalue weighted by atomic mass is 10.1. The van der Waals surface area contributed by atoms with Crippen molar-refractivity contribution in [2.24, 2.45) is 5.73 Å². The summed E-state index contributed by atoms with van der Waals surface area (Å²) in [6.07, 6.45) is -0.725. The zero-order chi connectivity index (χ0) is 10.6. The lowest BCUT2D eigenvalue weighted by Crippen LogP contribution is -2.17. The summed E-state index contributed by atoms with van der Waals surface area (Å²) in [6.45, 7) is 0.0374. The molecule has 0 fully saturated rings. The average molecular weight is 262 g/mol. The standard InChI is InChI=1S/C10H13BrFNO/c1-14-10-3-2-8(11)4-7(10)5-9(12)6-13/h2-4,9H,5-6,13H2,1H3. The molecule has 14 heavy (non-hydrogen) atoms. The number of nitrogens with two attached hydrogens (primary N) is 1. The second-order valence-electron chi connectivity index (χ2n) is 2.99. The molecule has 0 aliphatic heterocycles. The Morgan fingerprint density at radius 3 is 2.86 bits per heavy atom. The van der Waals surface area contributed by atoms with Crippen LogP contribution in [0.3, 0.4) is 0 Å². The van der Waals surface area contributed by atoms with E-state index in [1.54, 1.807) is 7.11 Å². The summed E-state index contributed by atoms with van der Waals surface area (Å²) >= 11 is 3.33. The van der Waals surface area contributed by atoms with Crippen LogP contribution in [0.1, 0.15) is 5.56 Å². The van der Waals surface area contributed by atoms with Gasteiger partial charge in [-0.3, -0.25) is 0 Å². The van der Waals surface area contributed by atoms with Gasteiger partial charge in [0, 0.05) is 17.4 Å². The van der Waals surface area contributed by atoms with Crippen LogP contribution in [-0.2, 0) is 6.42 Å². The predicted molar refractivity (Wildman–Crippen MR) is 58.3 cm³/mol. The monoisotopic (exact) mass is 261 g/mol. The molecule has 0 aliphatic carbocycles. The van der Waals surface area contributed by atoms with E-state index in [2.05, 4.69) is 15.9 Å². The fourth-order valence-electron chi connectivity index (χ4n) is 1.23. The SMILES string of the molecule is COc1ccc(Br)cc1CC(F)CN. The maximum absolute atomic E-state index is 13.1. The van der Waals surface area contributed by atoms with Gasteiger partial charge in [0.2, 0.25) is 0 Å². The van der Waals surface area contributed by atoms with Gasteiger partial charge in [0.25, 0.3) is 0 Å². The Kier molecular flexibility index (Phi) is 4.35. The summed E-state index contributed by atoms with van der Waals surface area (Å²) in [5.41, 5.74) is 6.06. The van der Waals surface area contributed by atoms with Crippen molar-refractivity contribution in [2.75, 3.05) is 13.7 Å². The number of rotatable bonds is 4. The highest BCUT2D eigenvalue weighted by Crippen LogP contribution is 2.24. The van der Waals surface area contributed by atoms with Gasteiger partial charge in [0.1, 0.15) is 11.9 Å². The molecule has 2 nitrogen and oxygen atoms in total. The molecule has 0 bridgehead atoms. The van der Waals surface area contributed by atoms with Gasteiger partial charge in [-0.25, -0.2) is 4.39 Å². The molecule has 1 aromatic rings. The molecule has 1 unspecified atom stereocenters. The fourth-order valence-corrected chi connectivity index (χ4v) is 1.64. The van der Waals surface area contributed by atoms with Crippen LogP contribution in [0.5, 0.6) is 5.75 Å². The maximum Gasteiger partial charge on any atom is 0.122 e. The third kappa shape index (κ3) is 2.96. The second-order valence-corrected chi connectivity index (χ2v) is 3.91. The van der Waals surface area contributed by atoms with E-state index in [0.717, 1.165) is 10.0 Å². The number of benzene rings is 1. The van der Waals surface area contributed by atoms with Gasteiger partial charge in [-0.15, -0.1) is 0 Å². The van der Waals surface area contributed by atoms with Gasteiger partial charge in [-0.05, 0) is 23.8 Å². The van der Waals surface area contributed by atoms with Crippen molar-refractivity contribution in [2.45, 2.75) is 12.6 Å². The Bertz CT molecular complexity index is 306. The van der Waals surface area contributed by atoms with Crippen molar-refractivity contribution >= 4 is 15.9 Å². The number of methoxy groups -OCH3 is 1. The molecule has 0 spiro atoms. The van der Waals surface area contributed by atoms with Crippen LogP contribution in [-0.4, -0.2) is 19.8 Å². The normalized spacial score (nSPS) is 12.6. The van der Waals surface area contributed by atoms with Crippen LogP contribution in [0.4, 0.5) is 4.39 Å². The first-order valence-corrected chi connectivity index (χ1v) is 5.13. The molecule has 1 aromatic carbocycles. The molecule has 0 amide bonds. The average Bonchev–Trinajstić information content (AvgIpc) is 2.18. The van der Waals surface area contributed by atoms with Gasteiger partial charge < -0.3 is 10.5 Å². The molecule has 1 atom stereocenters. The number of hydrogen-bond acceptors (Lipinski definition) is 2. The Morgan fingerprint density at radius 1 is 1.57 bits per heavy atom. The van der Waals surface area contributed by atoms with E-state index in [0.29, 0.717) is 12.2 Å². The van der Waals surface area contributed by atoms with Gasteiger partial charge in [0.15, 0.2) is 0 Å². The van der Waals surface area contributed by atoms with Crippen molar-refractivity contribution < 1.29 is 9.13 Å². The first-order valence-electron chi connectivity index (χ1n) is 4.34. The minimum Gasteiger partial charge on any atom is -0.496 e. The molecule has 0 saturated carbocycles. The minimum absolute atomic E-state index is 0.0374. The smallest absolute Gasteiger partial charge is 0.122 e. The number of hydrogen-bond donors (Lipinski definition) is 1. The van der Waals surface area contributed by atoms with Crippen molar-refractivity contribution in [1.82, 2.24) is 0 Å². The number of alkyl halides is 1. The predicted octanol–water partition coefficient (Wildman–Crippen LogP) is 2.30. The summed E-state index contributed by atoms with van der Waals surface area (Å²) in [4.78, 5) is 0. The summed E-state index contributed by atoms with van der Waals surface area (Å²) < 4.78 is 19.1. The summed E-state index contributed by atoms with van der Waals surface area (Å²) in [5, 5.41) is 0. The van der Waals surface area contributed by atoms with Crippen LogP contribution in [0, 0.1) is 0 Å². The van der Waals surface area contributed by atoms with E-state index in [-0.39, 0.29) is 6.54 Å². The molecular formula is C10H13BrFNO. The number of halogens is 2. The molecule has 1 rings (SSSR count). The summed E-state index contributed by atoms with van der Waals surface area (Å²) in [7, 11) is 1.57. The molecule has 0 radical (unpaired) electrons. The van der Waals surface area contributed by atoms with E-state index in [4.69, 9.17) is 10.5 Å². The summed E-state index contributed by atoms with van der Waals surface area (Å²) in [5.74, 6) is 0.698. The van der Waals surface area contributed by atoms with Crippen molar-refractivity contribution in [3.63, 3.8) is 0 Å². The Labute approximate surface area is 91.4 Å². The highest BCUT2D eigenvalue weighted by molar-refractivity contribution is 9.10. The third-order valence-electron chi connectivity index (χ3n) is 1.94. The van der Waals surface area contributed by atoms with E-state index in [9.17, 15) is 4.39 Å². The number of ether oxygens (including phenoxy) is 1. The fraction of sp³-hybridized carbons (Fsp3) is 0.400. The van der Waals surface area contributed by atoms with Gasteiger partial charge >= 0.3 is 0 Å². The lowest BCUT2D eigenvalue weighted by molar-refractivity contribution is 0.333. The second kappa shape index (κ2) is 5.32. The van der Waals surface area contributed by atoms with Crippen LogP contribution in [0.2, 0.25) is 0 Å². The van der Waals surface area contributed by atoms with E-state index in [1.165, 1.54) is 0 Å². The molecule has 78 valence electrons. The van der Waals surface area contributed by atoms with Crippen LogP contribution < -0.4 is 10.5 Å². The quantitative estimate of drug-likeness (QED) is 0.903. The largest absolute Gasteiger partial charge is 0.496 e. The molecule has 0 aliphatic rings. The first kappa shape index (κ1) is 11.5. The molecule has 0 aromatic heterocycles. The molecular weight excluding hydrogens is 249 g/mol. The van der Waals surface area contributed by atoms with Crippen LogP contribution in [0.25, 0.3) is 0 Å². The van der Waals surface area contributed by atoms with Crippen LogP contribution in [0.15, 0.2) is 22.7 Å². The third-order valence-corrected chi connectivity index (χ3v) is 2.43. The molecule has 4 heteroatoms.